The van der Waals surface area contributed by atoms with E-state index in [0.717, 1.165) is 0 Å². The van der Waals surface area contributed by atoms with Crippen molar-refractivity contribution in [2.45, 2.75) is 77.7 Å². The van der Waals surface area contributed by atoms with Crippen molar-refractivity contribution < 1.29 is 42.5 Å². The Morgan fingerprint density at radius 3 is 2.46 bits per heavy atom. The minimum Gasteiger partial charge on any atom is -0.390 e. The van der Waals surface area contributed by atoms with E-state index >= 15 is 4.39 Å². The Morgan fingerprint density at radius 2 is 1.86 bits per heavy atom. The summed E-state index contributed by atoms with van der Waals surface area (Å²) < 4.78 is 47.7. The first-order valence-corrected chi connectivity index (χ1v) is 15.0. The summed E-state index contributed by atoms with van der Waals surface area (Å²) in [6, 6.07) is 0. The molecule has 0 aromatic heterocycles. The van der Waals surface area contributed by atoms with Crippen LogP contribution in [0.2, 0.25) is 0 Å². The number of allylic oxidation sites excluding steroid dienone is 4. The van der Waals surface area contributed by atoms with E-state index in [1.807, 2.05) is 19.9 Å². The maximum Gasteiger partial charge on any atom is 0.356 e. The number of hydrogen-bond donors (Lipinski definition) is 2. The fourth-order valence-electron chi connectivity index (χ4n) is 8.22. The number of hydrogen-bond acceptors (Lipinski definition) is 8. The van der Waals surface area contributed by atoms with Gasteiger partial charge in [0, 0.05) is 23.2 Å². The summed E-state index contributed by atoms with van der Waals surface area (Å²) in [5.74, 6) is -2.19. The smallest absolute Gasteiger partial charge is 0.356 e. The first-order valence-electron chi connectivity index (χ1n) is 13.2. The summed E-state index contributed by atoms with van der Waals surface area (Å²) in [6.07, 6.45) is 3.70. The molecule has 2 N–H and O–H groups in total. The zero-order chi connectivity index (χ0) is 27.4. The van der Waals surface area contributed by atoms with Gasteiger partial charge in [-0.25, -0.2) is 4.39 Å². The topological polar surface area (TPSA) is 119 Å². The Hall–Kier alpha value is -1.22. The van der Waals surface area contributed by atoms with Crippen LogP contribution in [0.25, 0.3) is 0 Å². The van der Waals surface area contributed by atoms with Crippen molar-refractivity contribution in [3.8, 4) is 0 Å². The molecule has 0 saturated heterocycles. The van der Waals surface area contributed by atoms with Crippen LogP contribution >= 0.6 is 7.60 Å². The molecule has 0 bridgehead atoms. The van der Waals surface area contributed by atoms with Crippen LogP contribution in [0, 0.1) is 28.6 Å². The highest BCUT2D eigenvalue weighted by Crippen LogP contribution is 2.71. The van der Waals surface area contributed by atoms with Crippen molar-refractivity contribution in [3.05, 3.63) is 23.8 Å². The first kappa shape index (κ1) is 28.8. The molecule has 2 fully saturated rings. The molecule has 208 valence electrons. The molecule has 0 radical (unpaired) electrons. The number of aliphatic hydroxyl groups excluding tert-OH is 2. The Labute approximate surface area is 218 Å². The van der Waals surface area contributed by atoms with Gasteiger partial charge in [-0.3, -0.25) is 14.2 Å². The Balaban J connectivity index is 1.79. The van der Waals surface area contributed by atoms with Crippen molar-refractivity contribution in [3.63, 3.8) is 0 Å². The quantitative estimate of drug-likeness (QED) is 0.330. The lowest BCUT2D eigenvalue weighted by atomic mass is 9.45. The van der Waals surface area contributed by atoms with Gasteiger partial charge in [-0.2, -0.15) is 0 Å². The molecule has 0 aromatic rings. The molecule has 37 heavy (non-hydrogen) atoms. The van der Waals surface area contributed by atoms with E-state index in [-0.39, 0.29) is 37.8 Å². The summed E-state index contributed by atoms with van der Waals surface area (Å²) in [6.45, 7) is 8.14. The van der Waals surface area contributed by atoms with E-state index in [1.165, 1.54) is 6.08 Å². The SMILES string of the molecule is CCOP(=O)(CO[C@]1(C(=O)CO)[C@H](C)C[C@H]2[C@@H]3CC=C4CC(=O)C=C[C@]4(C)[C@@]3(F)[C@@H](O)C[C@@]21C)OCC. The van der Waals surface area contributed by atoms with Crippen LogP contribution in [0.15, 0.2) is 23.8 Å². The van der Waals surface area contributed by atoms with Crippen LogP contribution in [0.3, 0.4) is 0 Å². The number of carbonyl (C=O) groups is 2. The molecule has 0 spiro atoms. The van der Waals surface area contributed by atoms with Crippen molar-refractivity contribution in [1.29, 1.82) is 0 Å². The second kappa shape index (κ2) is 9.76. The number of rotatable bonds is 9. The fourth-order valence-corrected chi connectivity index (χ4v) is 9.59. The zero-order valence-corrected chi connectivity index (χ0v) is 23.3. The van der Waals surface area contributed by atoms with Crippen molar-refractivity contribution in [2.24, 2.45) is 28.6 Å². The van der Waals surface area contributed by atoms with Gasteiger partial charge in [-0.05, 0) is 57.9 Å². The molecular weight excluding hydrogens is 502 g/mol. The number of Topliss-reactive ketones (excluding diaryl/α,β-unsaturated/α-hetero) is 1. The van der Waals surface area contributed by atoms with Crippen LogP contribution in [0.1, 0.15) is 60.3 Å². The molecule has 4 aliphatic rings. The number of aliphatic hydroxyl groups is 2. The molecule has 0 amide bonds. The number of carbonyl (C=O) groups excluding carboxylic acids is 2. The van der Waals surface area contributed by atoms with Crippen LogP contribution in [0.4, 0.5) is 4.39 Å². The molecular formula is C27H40FO8P. The second-order valence-electron chi connectivity index (χ2n) is 11.4. The molecule has 0 aliphatic heterocycles. The van der Waals surface area contributed by atoms with Gasteiger partial charge in [-0.15, -0.1) is 0 Å². The molecule has 8 nitrogen and oxygen atoms in total. The average molecular weight is 543 g/mol. The molecule has 0 heterocycles. The zero-order valence-electron chi connectivity index (χ0n) is 22.4. The van der Waals surface area contributed by atoms with Gasteiger partial charge in [0.2, 0.25) is 0 Å². The highest BCUT2D eigenvalue weighted by Gasteiger charge is 2.76. The van der Waals surface area contributed by atoms with Gasteiger partial charge in [0.25, 0.3) is 0 Å². The normalized spacial score (nSPS) is 43.1. The second-order valence-corrected chi connectivity index (χ2v) is 13.4. The predicted molar refractivity (Wildman–Crippen MR) is 135 cm³/mol. The van der Waals surface area contributed by atoms with Crippen molar-refractivity contribution in [2.75, 3.05) is 26.2 Å². The Kier molecular flexibility index (Phi) is 7.59. The van der Waals surface area contributed by atoms with Crippen molar-refractivity contribution in [1.82, 2.24) is 0 Å². The van der Waals surface area contributed by atoms with E-state index < -0.39 is 66.4 Å². The van der Waals surface area contributed by atoms with Gasteiger partial charge in [0.1, 0.15) is 18.6 Å². The van der Waals surface area contributed by atoms with E-state index in [1.54, 1.807) is 26.8 Å². The lowest BCUT2D eigenvalue weighted by molar-refractivity contribution is -0.222. The highest BCUT2D eigenvalue weighted by molar-refractivity contribution is 7.53. The lowest BCUT2D eigenvalue weighted by Crippen LogP contribution is -2.69. The third-order valence-corrected chi connectivity index (χ3v) is 11.6. The molecule has 0 aromatic carbocycles. The number of ketones is 2. The van der Waals surface area contributed by atoms with Gasteiger partial charge in [-0.1, -0.05) is 31.6 Å². The highest BCUT2D eigenvalue weighted by atomic mass is 31.2. The fraction of sp³-hybridized carbons (Fsp3) is 0.778. The van der Waals surface area contributed by atoms with Crippen LogP contribution in [0.5, 0.6) is 0 Å². The third-order valence-electron chi connectivity index (χ3n) is 9.80. The molecule has 4 rings (SSSR count). The number of ether oxygens (including phenoxy) is 1. The molecule has 2 saturated carbocycles. The Morgan fingerprint density at radius 1 is 1.22 bits per heavy atom. The molecule has 10 heteroatoms. The predicted octanol–water partition coefficient (Wildman–Crippen LogP) is 4.14. The molecule has 0 unspecified atom stereocenters. The van der Waals surface area contributed by atoms with Gasteiger partial charge in [0.05, 0.1) is 19.3 Å². The van der Waals surface area contributed by atoms with Gasteiger partial charge >= 0.3 is 7.60 Å². The van der Waals surface area contributed by atoms with Gasteiger partial charge < -0.3 is 24.0 Å². The van der Waals surface area contributed by atoms with E-state index in [0.29, 0.717) is 18.4 Å². The summed E-state index contributed by atoms with van der Waals surface area (Å²) in [5, 5.41) is 21.6. The largest absolute Gasteiger partial charge is 0.390 e. The van der Waals surface area contributed by atoms with E-state index in [4.69, 9.17) is 13.8 Å². The van der Waals surface area contributed by atoms with Crippen molar-refractivity contribution >= 4 is 19.2 Å². The standard InChI is InChI=1S/C27H40FO8P/c1-6-35-37(33,36-7-2)16-34-27(23(32)15-29)17(3)12-21-20-9-8-18-13-19(30)10-11-24(18,4)26(20,28)22(31)14-25(21,27)5/h8,10-11,17,20-22,29,31H,6-7,9,12-16H2,1-5H3/t17-,20+,21+,22+,24+,25+,26+,27+/m1/s1. The summed E-state index contributed by atoms with van der Waals surface area (Å²) >= 11 is 0. The molecule has 4 aliphatic carbocycles. The average Bonchev–Trinajstić information content (AvgIpc) is 3.05. The lowest BCUT2D eigenvalue weighted by Gasteiger charge is -2.62. The Bertz CT molecular complexity index is 1050. The van der Waals surface area contributed by atoms with Gasteiger partial charge in [0.15, 0.2) is 17.2 Å². The van der Waals surface area contributed by atoms with E-state index in [2.05, 4.69) is 0 Å². The summed E-state index contributed by atoms with van der Waals surface area (Å²) in [5.41, 5.74) is -5.22. The minimum absolute atomic E-state index is 0.0932. The minimum atomic E-state index is -3.71. The maximum absolute atomic E-state index is 17.4. The van der Waals surface area contributed by atoms with Crippen LogP contribution in [-0.2, 0) is 27.9 Å². The third kappa shape index (κ3) is 3.91. The van der Waals surface area contributed by atoms with E-state index in [9.17, 15) is 24.4 Å². The summed E-state index contributed by atoms with van der Waals surface area (Å²) in [4.78, 5) is 25.6. The first-order chi connectivity index (χ1) is 17.3. The molecule has 8 atom stereocenters. The number of fused-ring (bicyclic) bond motifs is 5. The monoisotopic (exact) mass is 542 g/mol. The maximum atomic E-state index is 17.4. The summed E-state index contributed by atoms with van der Waals surface area (Å²) in [7, 11) is -3.71. The van der Waals surface area contributed by atoms with Crippen LogP contribution in [-0.4, -0.2) is 65.3 Å². The van der Waals surface area contributed by atoms with Crippen LogP contribution < -0.4 is 0 Å². The number of halogens is 1. The number of alkyl halides is 1.